The number of benzene rings is 3. The molecule has 31 heavy (non-hydrogen) atoms. The molecule has 3 rings (SSSR count). The van der Waals surface area contributed by atoms with Gasteiger partial charge in [0.15, 0.2) is 0 Å². The van der Waals surface area contributed by atoms with Crippen molar-refractivity contribution >= 4 is 43.8 Å². The second kappa shape index (κ2) is 9.89. The molecule has 3 aromatic rings. The Hall–Kier alpha value is -2.97. The highest BCUT2D eigenvalue weighted by atomic mass is 79.9. The molecule has 160 valence electrons. The number of hydrogen-bond acceptors (Lipinski definition) is 4. The monoisotopic (exact) mass is 499 g/mol. The molecule has 0 aliphatic heterocycles. The quantitative estimate of drug-likeness (QED) is 0.386. The van der Waals surface area contributed by atoms with Crippen molar-refractivity contribution in [1.29, 1.82) is 0 Å². The summed E-state index contributed by atoms with van der Waals surface area (Å²) in [5.41, 5.74) is 5.42. The van der Waals surface area contributed by atoms with Crippen LogP contribution in [0.25, 0.3) is 0 Å². The standard InChI is InChI=1S/C23H22BrN3O3S/c1-17-12-18(2)14-20(13-17)27(31(29,30)21-9-4-3-5-10-21)16-23(28)26-25-15-19-8-6-7-11-22(19)24/h3-15H,16H2,1-2H3,(H,26,28)/b25-15+. The number of nitrogens with one attached hydrogen (secondary N) is 1. The van der Waals surface area contributed by atoms with Gasteiger partial charge in [0, 0.05) is 10.0 Å². The van der Waals surface area contributed by atoms with Crippen molar-refractivity contribution in [2.75, 3.05) is 10.8 Å². The van der Waals surface area contributed by atoms with E-state index in [2.05, 4.69) is 26.5 Å². The van der Waals surface area contributed by atoms with Gasteiger partial charge in [0.2, 0.25) is 0 Å². The number of carbonyl (C=O) groups is 1. The van der Waals surface area contributed by atoms with Crippen LogP contribution in [0.3, 0.4) is 0 Å². The summed E-state index contributed by atoms with van der Waals surface area (Å²) >= 11 is 3.41. The van der Waals surface area contributed by atoms with Crippen LogP contribution in [0, 0.1) is 13.8 Å². The molecule has 1 N–H and O–H groups in total. The molecule has 3 aromatic carbocycles. The first-order valence-corrected chi connectivity index (χ1v) is 11.7. The van der Waals surface area contributed by atoms with Crippen LogP contribution in [0.15, 0.2) is 87.3 Å². The molecule has 0 atom stereocenters. The lowest BCUT2D eigenvalue weighted by Gasteiger charge is -2.24. The largest absolute Gasteiger partial charge is 0.271 e. The Morgan fingerprint density at radius 2 is 1.61 bits per heavy atom. The van der Waals surface area contributed by atoms with Crippen molar-refractivity contribution in [2.24, 2.45) is 5.10 Å². The Morgan fingerprint density at radius 3 is 2.26 bits per heavy atom. The zero-order chi connectivity index (χ0) is 22.4. The summed E-state index contributed by atoms with van der Waals surface area (Å²) in [4.78, 5) is 12.7. The SMILES string of the molecule is Cc1cc(C)cc(N(CC(=O)N/N=C/c2ccccc2Br)S(=O)(=O)c2ccccc2)c1. The maximum Gasteiger partial charge on any atom is 0.264 e. The van der Waals surface area contributed by atoms with E-state index in [4.69, 9.17) is 0 Å². The van der Waals surface area contributed by atoms with Crippen molar-refractivity contribution in [3.05, 3.63) is 94.0 Å². The minimum atomic E-state index is -3.95. The maximum atomic E-state index is 13.3. The van der Waals surface area contributed by atoms with Crippen molar-refractivity contribution in [3.63, 3.8) is 0 Å². The first-order chi connectivity index (χ1) is 14.8. The lowest BCUT2D eigenvalue weighted by molar-refractivity contribution is -0.119. The summed E-state index contributed by atoms with van der Waals surface area (Å²) in [5, 5.41) is 3.96. The molecule has 0 heterocycles. The normalized spacial score (nSPS) is 11.5. The topological polar surface area (TPSA) is 78.8 Å². The zero-order valence-electron chi connectivity index (χ0n) is 17.1. The zero-order valence-corrected chi connectivity index (χ0v) is 19.5. The van der Waals surface area contributed by atoms with E-state index < -0.39 is 22.5 Å². The summed E-state index contributed by atoms with van der Waals surface area (Å²) in [6.07, 6.45) is 1.49. The highest BCUT2D eigenvalue weighted by Gasteiger charge is 2.27. The lowest BCUT2D eigenvalue weighted by atomic mass is 10.1. The summed E-state index contributed by atoms with van der Waals surface area (Å²) in [6.45, 7) is 3.35. The van der Waals surface area contributed by atoms with Gasteiger partial charge in [-0.3, -0.25) is 9.10 Å². The number of nitrogens with zero attached hydrogens (tertiary/aromatic N) is 2. The number of hydrazone groups is 1. The van der Waals surface area contributed by atoms with E-state index in [9.17, 15) is 13.2 Å². The molecule has 1 amide bonds. The van der Waals surface area contributed by atoms with Crippen LogP contribution >= 0.6 is 15.9 Å². The van der Waals surface area contributed by atoms with Gasteiger partial charge >= 0.3 is 0 Å². The average molecular weight is 500 g/mol. The molecule has 0 radical (unpaired) electrons. The third kappa shape index (κ3) is 5.80. The number of anilines is 1. The molecule has 8 heteroatoms. The highest BCUT2D eigenvalue weighted by molar-refractivity contribution is 9.10. The van der Waals surface area contributed by atoms with Gasteiger partial charge in [-0.05, 0) is 55.3 Å². The van der Waals surface area contributed by atoms with Crippen LogP contribution in [-0.2, 0) is 14.8 Å². The summed E-state index contributed by atoms with van der Waals surface area (Å²) in [5.74, 6) is -0.554. The van der Waals surface area contributed by atoms with Crippen LogP contribution in [0.2, 0.25) is 0 Å². The van der Waals surface area contributed by atoms with Crippen LogP contribution < -0.4 is 9.73 Å². The Labute approximate surface area is 190 Å². The Morgan fingerprint density at radius 1 is 1.00 bits per heavy atom. The fourth-order valence-electron chi connectivity index (χ4n) is 3.05. The van der Waals surface area contributed by atoms with E-state index in [1.54, 1.807) is 30.3 Å². The molecule has 0 aromatic heterocycles. The molecule has 0 aliphatic rings. The minimum Gasteiger partial charge on any atom is -0.271 e. The third-order valence-corrected chi connectivity index (χ3v) is 6.92. The molecule has 0 saturated carbocycles. The molecule has 0 aliphatic carbocycles. The van der Waals surface area contributed by atoms with E-state index >= 15 is 0 Å². The van der Waals surface area contributed by atoms with E-state index in [0.29, 0.717) is 5.69 Å². The molecule has 0 fully saturated rings. The van der Waals surface area contributed by atoms with Gasteiger partial charge in [-0.1, -0.05) is 58.4 Å². The average Bonchev–Trinajstić information content (AvgIpc) is 2.73. The molecular formula is C23H22BrN3O3S. The van der Waals surface area contributed by atoms with E-state index in [1.165, 1.54) is 18.3 Å². The smallest absolute Gasteiger partial charge is 0.264 e. The minimum absolute atomic E-state index is 0.110. The lowest BCUT2D eigenvalue weighted by Crippen LogP contribution is -2.39. The molecule has 0 spiro atoms. The fraction of sp³-hybridized carbons (Fsp3) is 0.130. The Balaban J connectivity index is 1.88. The van der Waals surface area contributed by atoms with Crippen LogP contribution in [0.4, 0.5) is 5.69 Å². The van der Waals surface area contributed by atoms with E-state index in [-0.39, 0.29) is 4.90 Å². The van der Waals surface area contributed by atoms with Crippen LogP contribution in [-0.4, -0.2) is 27.1 Å². The predicted octanol–water partition coefficient (Wildman–Crippen LogP) is 4.41. The fourth-order valence-corrected chi connectivity index (χ4v) is 4.86. The second-order valence-electron chi connectivity index (χ2n) is 6.99. The van der Waals surface area contributed by atoms with E-state index in [1.807, 2.05) is 44.2 Å². The number of hydrogen-bond donors (Lipinski definition) is 1. The Kier molecular flexibility index (Phi) is 7.25. The third-order valence-electron chi connectivity index (χ3n) is 4.41. The second-order valence-corrected chi connectivity index (χ2v) is 9.70. The highest BCUT2D eigenvalue weighted by Crippen LogP contribution is 2.25. The predicted molar refractivity (Wildman–Crippen MR) is 127 cm³/mol. The van der Waals surface area contributed by atoms with Gasteiger partial charge in [-0.25, -0.2) is 13.8 Å². The van der Waals surface area contributed by atoms with Gasteiger partial charge < -0.3 is 0 Å². The molecule has 0 unspecified atom stereocenters. The number of carbonyl (C=O) groups excluding carboxylic acids is 1. The molecular weight excluding hydrogens is 478 g/mol. The number of aryl methyl sites for hydroxylation is 2. The van der Waals surface area contributed by atoms with Crippen molar-refractivity contribution in [1.82, 2.24) is 5.43 Å². The summed E-state index contributed by atoms with van der Waals surface area (Å²) in [6, 6.07) is 20.9. The van der Waals surface area contributed by atoms with Crippen molar-refractivity contribution < 1.29 is 13.2 Å². The first-order valence-electron chi connectivity index (χ1n) is 9.50. The molecule has 6 nitrogen and oxygen atoms in total. The number of amides is 1. The maximum absolute atomic E-state index is 13.3. The number of sulfonamides is 1. The van der Waals surface area contributed by atoms with E-state index in [0.717, 1.165) is 25.5 Å². The van der Waals surface area contributed by atoms with Gasteiger partial charge in [-0.15, -0.1) is 0 Å². The van der Waals surface area contributed by atoms with Gasteiger partial charge in [0.1, 0.15) is 6.54 Å². The summed E-state index contributed by atoms with van der Waals surface area (Å²) < 4.78 is 28.6. The molecule has 0 bridgehead atoms. The van der Waals surface area contributed by atoms with Gasteiger partial charge in [0.05, 0.1) is 16.8 Å². The van der Waals surface area contributed by atoms with Crippen molar-refractivity contribution in [2.45, 2.75) is 18.7 Å². The number of halogens is 1. The van der Waals surface area contributed by atoms with Gasteiger partial charge in [-0.2, -0.15) is 5.10 Å². The van der Waals surface area contributed by atoms with Crippen LogP contribution in [0.1, 0.15) is 16.7 Å². The Bertz CT molecular complexity index is 1190. The van der Waals surface area contributed by atoms with Gasteiger partial charge in [0.25, 0.3) is 15.9 Å². The van der Waals surface area contributed by atoms with Crippen LogP contribution in [0.5, 0.6) is 0 Å². The van der Waals surface area contributed by atoms with Crippen molar-refractivity contribution in [3.8, 4) is 0 Å². The molecule has 0 saturated heterocycles. The first kappa shape index (κ1) is 22.7. The summed E-state index contributed by atoms with van der Waals surface area (Å²) in [7, 11) is -3.95. The number of rotatable bonds is 7.